The van der Waals surface area contributed by atoms with E-state index in [0.717, 1.165) is 31.5 Å². The van der Waals surface area contributed by atoms with Gasteiger partial charge in [0.05, 0.1) is 18.0 Å². The van der Waals surface area contributed by atoms with Crippen molar-refractivity contribution in [2.24, 2.45) is 5.92 Å². The molecule has 0 aromatic carbocycles. The molecule has 2 saturated heterocycles. The van der Waals surface area contributed by atoms with Gasteiger partial charge in [-0.05, 0) is 33.6 Å². The van der Waals surface area contributed by atoms with Crippen molar-refractivity contribution in [2.45, 2.75) is 76.3 Å². The van der Waals surface area contributed by atoms with Crippen LogP contribution >= 0.6 is 23.4 Å². The molecule has 8 nitrogen and oxygen atoms in total. The molecule has 1 saturated carbocycles. The van der Waals surface area contributed by atoms with Crippen LogP contribution in [-0.2, 0) is 14.3 Å². The number of thioether (sulfide) groups is 1. The highest BCUT2D eigenvalue weighted by Crippen LogP contribution is 2.29. The first-order valence-electron chi connectivity index (χ1n) is 12.5. The maximum atomic E-state index is 13.0. The number of amides is 2. The highest BCUT2D eigenvalue weighted by atomic mass is 35.5. The van der Waals surface area contributed by atoms with Crippen LogP contribution in [0.3, 0.4) is 0 Å². The van der Waals surface area contributed by atoms with Crippen LogP contribution in [0.25, 0.3) is 0 Å². The first-order chi connectivity index (χ1) is 16.3. The lowest BCUT2D eigenvalue weighted by Gasteiger charge is -2.42. The first-order valence-corrected chi connectivity index (χ1v) is 13.8. The van der Waals surface area contributed by atoms with Crippen LogP contribution in [0, 0.1) is 5.92 Å². The third-order valence-corrected chi connectivity index (χ3v) is 7.97. The van der Waals surface area contributed by atoms with Crippen molar-refractivity contribution in [2.75, 3.05) is 43.4 Å². The Hall–Kier alpha value is -1.58. The molecule has 1 aliphatic carbocycles. The number of carbonyl (C=O) groups is 2. The molecule has 2 aliphatic heterocycles. The summed E-state index contributed by atoms with van der Waals surface area (Å²) >= 11 is 7.63. The molecule has 2 amide bonds. The fourth-order valence-corrected chi connectivity index (χ4v) is 6.27. The monoisotopic (exact) mass is 509 g/mol. The Kier molecular flexibility index (Phi) is 8.58. The SMILES string of the molecule is CC1CN(C(=O)CSc2nc(Cl)cc(N3CCN(C(=O)C4CCCCC4)C(C)C3)n2)CC(C)O1. The van der Waals surface area contributed by atoms with Crippen LogP contribution in [0.2, 0.25) is 5.15 Å². The lowest BCUT2D eigenvalue weighted by Crippen LogP contribution is -2.55. The number of anilines is 1. The molecule has 3 aliphatic rings. The lowest BCUT2D eigenvalue weighted by atomic mass is 9.88. The van der Waals surface area contributed by atoms with Gasteiger partial charge in [-0.25, -0.2) is 9.97 Å². The van der Waals surface area contributed by atoms with Gasteiger partial charge < -0.3 is 19.4 Å². The molecule has 3 atom stereocenters. The number of halogens is 1. The summed E-state index contributed by atoms with van der Waals surface area (Å²) in [5, 5.41) is 0.862. The maximum absolute atomic E-state index is 13.0. The predicted octanol–water partition coefficient (Wildman–Crippen LogP) is 3.48. The Morgan fingerprint density at radius 1 is 1.06 bits per heavy atom. The molecular formula is C24H36ClN5O3S. The van der Waals surface area contributed by atoms with Crippen molar-refractivity contribution >= 4 is 41.0 Å². The summed E-state index contributed by atoms with van der Waals surface area (Å²) in [5.74, 6) is 1.57. The van der Waals surface area contributed by atoms with E-state index in [4.69, 9.17) is 21.3 Å². The van der Waals surface area contributed by atoms with Crippen molar-refractivity contribution in [3.8, 4) is 0 Å². The van der Waals surface area contributed by atoms with E-state index >= 15 is 0 Å². The van der Waals surface area contributed by atoms with Gasteiger partial charge in [0.1, 0.15) is 11.0 Å². The van der Waals surface area contributed by atoms with Crippen molar-refractivity contribution in [3.63, 3.8) is 0 Å². The zero-order valence-corrected chi connectivity index (χ0v) is 22.0. The summed E-state index contributed by atoms with van der Waals surface area (Å²) in [5.41, 5.74) is 0. The van der Waals surface area contributed by atoms with Gasteiger partial charge in [-0.15, -0.1) is 0 Å². The largest absolute Gasteiger partial charge is 0.372 e. The van der Waals surface area contributed by atoms with E-state index in [1.807, 2.05) is 23.6 Å². The molecule has 0 N–H and O–H groups in total. The summed E-state index contributed by atoms with van der Waals surface area (Å²) in [6, 6.07) is 1.88. The van der Waals surface area contributed by atoms with E-state index in [2.05, 4.69) is 16.8 Å². The second kappa shape index (κ2) is 11.4. The molecule has 0 radical (unpaired) electrons. The van der Waals surface area contributed by atoms with Gasteiger partial charge in [-0.1, -0.05) is 42.6 Å². The minimum atomic E-state index is 0.0392. The van der Waals surface area contributed by atoms with E-state index in [-0.39, 0.29) is 35.8 Å². The average molecular weight is 510 g/mol. The summed E-state index contributed by atoms with van der Waals surface area (Å²) in [7, 11) is 0. The Bertz CT molecular complexity index is 874. The maximum Gasteiger partial charge on any atom is 0.233 e. The third kappa shape index (κ3) is 6.34. The molecule has 3 fully saturated rings. The summed E-state index contributed by atoms with van der Waals surface area (Å²) < 4.78 is 5.72. The van der Waals surface area contributed by atoms with Gasteiger partial charge in [-0.3, -0.25) is 9.59 Å². The first kappa shape index (κ1) is 25.5. The lowest BCUT2D eigenvalue weighted by molar-refractivity contribution is -0.140. The Balaban J connectivity index is 1.35. The molecule has 4 rings (SSSR count). The van der Waals surface area contributed by atoms with E-state index in [9.17, 15) is 9.59 Å². The van der Waals surface area contributed by atoms with Crippen molar-refractivity contribution < 1.29 is 14.3 Å². The number of rotatable bonds is 5. The van der Waals surface area contributed by atoms with Crippen LogP contribution in [0.1, 0.15) is 52.9 Å². The molecule has 1 aromatic rings. The van der Waals surface area contributed by atoms with Gasteiger partial charge >= 0.3 is 0 Å². The minimum absolute atomic E-state index is 0.0392. The van der Waals surface area contributed by atoms with Gasteiger partial charge in [0.15, 0.2) is 5.16 Å². The Labute approximate surface area is 211 Å². The molecule has 10 heteroatoms. The number of hydrogen-bond acceptors (Lipinski definition) is 7. The van der Waals surface area contributed by atoms with Gasteiger partial charge in [0, 0.05) is 50.7 Å². The van der Waals surface area contributed by atoms with E-state index in [1.165, 1.54) is 18.2 Å². The highest BCUT2D eigenvalue weighted by Gasteiger charge is 2.33. The summed E-state index contributed by atoms with van der Waals surface area (Å²) in [6.45, 7) is 9.39. The van der Waals surface area contributed by atoms with Crippen molar-refractivity contribution in [3.05, 3.63) is 11.2 Å². The fourth-order valence-electron chi connectivity index (χ4n) is 5.29. The Morgan fingerprint density at radius 2 is 1.76 bits per heavy atom. The number of carbonyl (C=O) groups excluding carboxylic acids is 2. The summed E-state index contributed by atoms with van der Waals surface area (Å²) in [4.78, 5) is 40.9. The van der Waals surface area contributed by atoms with Gasteiger partial charge in [0.2, 0.25) is 11.8 Å². The molecule has 34 heavy (non-hydrogen) atoms. The van der Waals surface area contributed by atoms with Crippen LogP contribution < -0.4 is 4.90 Å². The number of morpholine rings is 1. The minimum Gasteiger partial charge on any atom is -0.372 e. The zero-order valence-electron chi connectivity index (χ0n) is 20.4. The zero-order chi connectivity index (χ0) is 24.2. The smallest absolute Gasteiger partial charge is 0.233 e. The molecule has 3 unspecified atom stereocenters. The number of ether oxygens (including phenoxy) is 1. The van der Waals surface area contributed by atoms with Crippen molar-refractivity contribution in [1.29, 1.82) is 0 Å². The third-order valence-electron chi connectivity index (χ3n) is 6.95. The second-order valence-electron chi connectivity index (χ2n) is 9.84. The molecule has 3 heterocycles. The van der Waals surface area contributed by atoms with Crippen molar-refractivity contribution in [1.82, 2.24) is 19.8 Å². The molecule has 0 spiro atoms. The average Bonchev–Trinajstić information content (AvgIpc) is 2.81. The summed E-state index contributed by atoms with van der Waals surface area (Å²) in [6.07, 6.45) is 5.70. The van der Waals surface area contributed by atoms with E-state index in [1.54, 1.807) is 6.07 Å². The molecule has 1 aromatic heterocycles. The molecule has 0 bridgehead atoms. The molecule has 188 valence electrons. The quantitative estimate of drug-likeness (QED) is 0.341. The van der Waals surface area contributed by atoms with E-state index in [0.29, 0.717) is 48.9 Å². The van der Waals surface area contributed by atoms with Crippen LogP contribution in [0.4, 0.5) is 5.82 Å². The Morgan fingerprint density at radius 3 is 2.44 bits per heavy atom. The normalized spacial score (nSPS) is 26.6. The standard InChI is InChI=1S/C24H36ClN5O3S/c1-16-12-28(9-10-30(16)23(32)19-7-5-4-6-8-19)21-11-20(25)26-24(27-21)34-15-22(31)29-13-17(2)33-18(3)14-29/h11,16-19H,4-10,12-15H2,1-3H3. The fraction of sp³-hybridized carbons (Fsp3) is 0.750. The number of aromatic nitrogens is 2. The van der Waals surface area contributed by atoms with Gasteiger partial charge in [0.25, 0.3) is 0 Å². The van der Waals surface area contributed by atoms with Crippen LogP contribution in [0.5, 0.6) is 0 Å². The van der Waals surface area contributed by atoms with Crippen LogP contribution in [-0.4, -0.2) is 88.3 Å². The number of hydrogen-bond donors (Lipinski definition) is 0. The van der Waals surface area contributed by atoms with Gasteiger partial charge in [-0.2, -0.15) is 0 Å². The highest BCUT2D eigenvalue weighted by molar-refractivity contribution is 7.99. The second-order valence-corrected chi connectivity index (χ2v) is 11.2. The number of nitrogens with zero attached hydrogens (tertiary/aromatic N) is 5. The predicted molar refractivity (Wildman–Crippen MR) is 134 cm³/mol. The van der Waals surface area contributed by atoms with E-state index < -0.39 is 0 Å². The van der Waals surface area contributed by atoms with Crippen LogP contribution in [0.15, 0.2) is 11.2 Å². The number of piperazine rings is 1. The molecular weight excluding hydrogens is 474 g/mol. The topological polar surface area (TPSA) is 78.9 Å².